The molecule has 1 aliphatic rings. The molecule has 0 aromatic carbocycles. The fourth-order valence-corrected chi connectivity index (χ4v) is 2.63. The molecule has 0 radical (unpaired) electrons. The van der Waals surface area contributed by atoms with Gasteiger partial charge in [-0.15, -0.1) is 11.3 Å². The fourth-order valence-electron chi connectivity index (χ4n) is 2.00. The summed E-state index contributed by atoms with van der Waals surface area (Å²) in [5.41, 5.74) is -0.787. The van der Waals surface area contributed by atoms with Gasteiger partial charge in [-0.2, -0.15) is 0 Å². The largest absolute Gasteiger partial charge is 0.342 e. The Morgan fingerprint density at radius 2 is 2.33 bits per heavy atom. The van der Waals surface area contributed by atoms with Crippen LogP contribution in [0, 0.1) is 0 Å². The molecule has 0 spiro atoms. The highest BCUT2D eigenvalue weighted by Gasteiger charge is 2.39. The molecule has 18 heavy (non-hydrogen) atoms. The minimum absolute atomic E-state index is 0.0222. The molecular formula is C12H17N3O2S. The second-order valence-electron chi connectivity index (χ2n) is 4.64. The van der Waals surface area contributed by atoms with Crippen molar-refractivity contribution in [1.82, 2.24) is 15.2 Å². The highest BCUT2D eigenvalue weighted by molar-refractivity contribution is 7.09. The van der Waals surface area contributed by atoms with Crippen molar-refractivity contribution in [2.45, 2.75) is 38.8 Å². The molecule has 1 fully saturated rings. The monoisotopic (exact) mass is 267 g/mol. The zero-order valence-electron chi connectivity index (χ0n) is 10.6. The molecule has 1 saturated heterocycles. The number of thiazole rings is 1. The Hall–Kier alpha value is -1.43. The lowest BCUT2D eigenvalue weighted by Crippen LogP contribution is -2.54. The van der Waals surface area contributed by atoms with Gasteiger partial charge in [-0.1, -0.05) is 6.92 Å². The van der Waals surface area contributed by atoms with E-state index in [1.54, 1.807) is 18.0 Å². The van der Waals surface area contributed by atoms with Crippen LogP contribution in [0.5, 0.6) is 0 Å². The summed E-state index contributed by atoms with van der Waals surface area (Å²) in [5, 5.41) is 5.61. The van der Waals surface area contributed by atoms with E-state index in [0.29, 0.717) is 25.9 Å². The highest BCUT2D eigenvalue weighted by Crippen LogP contribution is 2.20. The van der Waals surface area contributed by atoms with Gasteiger partial charge in [0.2, 0.25) is 11.8 Å². The first-order valence-corrected chi connectivity index (χ1v) is 6.92. The van der Waals surface area contributed by atoms with Crippen LogP contribution in [0.2, 0.25) is 0 Å². The van der Waals surface area contributed by atoms with Crippen molar-refractivity contribution in [2.75, 3.05) is 6.54 Å². The summed E-state index contributed by atoms with van der Waals surface area (Å²) >= 11 is 1.52. The van der Waals surface area contributed by atoms with E-state index in [4.69, 9.17) is 0 Å². The summed E-state index contributed by atoms with van der Waals surface area (Å²) in [4.78, 5) is 30.0. The first-order chi connectivity index (χ1) is 8.55. The van der Waals surface area contributed by atoms with Crippen molar-refractivity contribution in [3.8, 4) is 0 Å². The van der Waals surface area contributed by atoms with Crippen molar-refractivity contribution in [3.63, 3.8) is 0 Å². The average molecular weight is 267 g/mol. The zero-order chi connectivity index (χ0) is 13.2. The lowest BCUT2D eigenvalue weighted by atomic mass is 9.97. The Labute approximate surface area is 110 Å². The maximum Gasteiger partial charge on any atom is 0.248 e. The minimum atomic E-state index is -0.787. The van der Waals surface area contributed by atoms with Crippen molar-refractivity contribution < 1.29 is 9.59 Å². The molecule has 0 saturated carbocycles. The molecule has 2 rings (SSSR count). The molecule has 6 heteroatoms. The average Bonchev–Trinajstić information content (AvgIpc) is 2.82. The quantitative estimate of drug-likeness (QED) is 0.894. The second-order valence-corrected chi connectivity index (χ2v) is 5.62. The smallest absolute Gasteiger partial charge is 0.248 e. The van der Waals surface area contributed by atoms with Crippen LogP contribution < -0.4 is 5.32 Å². The van der Waals surface area contributed by atoms with Crippen LogP contribution in [-0.4, -0.2) is 33.8 Å². The summed E-state index contributed by atoms with van der Waals surface area (Å²) in [6, 6.07) is 0. The van der Waals surface area contributed by atoms with Gasteiger partial charge in [0.25, 0.3) is 0 Å². The number of carbonyl (C=O) groups is 2. The molecular weight excluding hydrogens is 250 g/mol. The van der Waals surface area contributed by atoms with Crippen LogP contribution in [0.4, 0.5) is 0 Å². The SMILES string of the molecule is CCC1(C)NC(=O)CCN(Cc2nccs2)C1=O. The standard InChI is InChI=1S/C12H17N3O2S/c1-3-12(2)11(17)15(6-4-9(16)14-12)8-10-13-5-7-18-10/h5,7H,3-4,6,8H2,1-2H3,(H,14,16). The molecule has 98 valence electrons. The van der Waals surface area contributed by atoms with E-state index in [9.17, 15) is 9.59 Å². The van der Waals surface area contributed by atoms with Gasteiger partial charge in [-0.05, 0) is 13.3 Å². The third-order valence-electron chi connectivity index (χ3n) is 3.30. The topological polar surface area (TPSA) is 62.3 Å². The molecule has 2 amide bonds. The third kappa shape index (κ3) is 2.53. The molecule has 1 aromatic rings. The van der Waals surface area contributed by atoms with E-state index in [1.165, 1.54) is 11.3 Å². The Morgan fingerprint density at radius 3 is 2.94 bits per heavy atom. The van der Waals surface area contributed by atoms with Crippen molar-refractivity contribution in [2.24, 2.45) is 0 Å². The molecule has 1 aliphatic heterocycles. The third-order valence-corrected chi connectivity index (χ3v) is 4.06. The predicted molar refractivity (Wildman–Crippen MR) is 69.0 cm³/mol. The van der Waals surface area contributed by atoms with Gasteiger partial charge in [0, 0.05) is 24.5 Å². The number of nitrogens with zero attached hydrogens (tertiary/aromatic N) is 2. The van der Waals surface area contributed by atoms with Gasteiger partial charge in [0.15, 0.2) is 0 Å². The van der Waals surface area contributed by atoms with E-state index >= 15 is 0 Å². The Balaban J connectivity index is 2.19. The van der Waals surface area contributed by atoms with Crippen molar-refractivity contribution in [1.29, 1.82) is 0 Å². The summed E-state index contributed by atoms with van der Waals surface area (Å²) < 4.78 is 0. The number of amides is 2. The molecule has 0 bridgehead atoms. The van der Waals surface area contributed by atoms with Gasteiger partial charge in [-0.3, -0.25) is 9.59 Å². The number of nitrogens with one attached hydrogen (secondary N) is 1. The summed E-state index contributed by atoms with van der Waals surface area (Å²) in [6.07, 6.45) is 2.67. The van der Waals surface area contributed by atoms with E-state index in [0.717, 1.165) is 5.01 Å². The fraction of sp³-hybridized carbons (Fsp3) is 0.583. The van der Waals surface area contributed by atoms with Crippen LogP contribution in [0.3, 0.4) is 0 Å². The summed E-state index contributed by atoms with van der Waals surface area (Å²) in [5.74, 6) is -0.0830. The molecule has 2 heterocycles. The second kappa shape index (κ2) is 5.06. The van der Waals surface area contributed by atoms with Gasteiger partial charge in [0.1, 0.15) is 10.5 Å². The Morgan fingerprint density at radius 1 is 1.56 bits per heavy atom. The molecule has 1 atom stereocenters. The minimum Gasteiger partial charge on any atom is -0.342 e. The van der Waals surface area contributed by atoms with Gasteiger partial charge in [0.05, 0.1) is 6.54 Å². The van der Waals surface area contributed by atoms with Crippen LogP contribution in [0.15, 0.2) is 11.6 Å². The van der Waals surface area contributed by atoms with Gasteiger partial charge < -0.3 is 10.2 Å². The summed E-state index contributed by atoms with van der Waals surface area (Å²) in [7, 11) is 0. The van der Waals surface area contributed by atoms with Crippen molar-refractivity contribution >= 4 is 23.2 Å². The predicted octanol–water partition coefficient (Wildman–Crippen LogP) is 1.16. The molecule has 0 aliphatic carbocycles. The van der Waals surface area contributed by atoms with Crippen LogP contribution >= 0.6 is 11.3 Å². The van der Waals surface area contributed by atoms with E-state index in [-0.39, 0.29) is 11.8 Å². The molecule has 1 aromatic heterocycles. The van der Waals surface area contributed by atoms with Crippen molar-refractivity contribution in [3.05, 3.63) is 16.6 Å². The van der Waals surface area contributed by atoms with Crippen LogP contribution in [0.25, 0.3) is 0 Å². The number of carbonyl (C=O) groups excluding carboxylic acids is 2. The van der Waals surface area contributed by atoms with E-state index in [1.807, 2.05) is 12.3 Å². The van der Waals surface area contributed by atoms with Crippen LogP contribution in [0.1, 0.15) is 31.7 Å². The number of hydrogen-bond donors (Lipinski definition) is 1. The van der Waals surface area contributed by atoms with Gasteiger partial charge >= 0.3 is 0 Å². The molecule has 5 nitrogen and oxygen atoms in total. The number of hydrogen-bond acceptors (Lipinski definition) is 4. The van der Waals surface area contributed by atoms with Crippen LogP contribution in [-0.2, 0) is 16.1 Å². The summed E-state index contributed by atoms with van der Waals surface area (Å²) in [6.45, 7) is 4.64. The normalized spacial score (nSPS) is 24.9. The van der Waals surface area contributed by atoms with E-state index < -0.39 is 5.54 Å². The molecule has 1 N–H and O–H groups in total. The number of rotatable bonds is 3. The Bertz CT molecular complexity index is 446. The lowest BCUT2D eigenvalue weighted by molar-refractivity contribution is -0.138. The molecule has 1 unspecified atom stereocenters. The first-order valence-electron chi connectivity index (χ1n) is 6.04. The number of aromatic nitrogens is 1. The van der Waals surface area contributed by atoms with E-state index in [2.05, 4.69) is 10.3 Å². The Kier molecular flexibility index (Phi) is 3.65. The maximum absolute atomic E-state index is 12.5. The maximum atomic E-state index is 12.5. The highest BCUT2D eigenvalue weighted by atomic mass is 32.1. The lowest BCUT2D eigenvalue weighted by Gasteiger charge is -2.30. The first kappa shape index (κ1) is 13.0. The zero-order valence-corrected chi connectivity index (χ0v) is 11.4. The van der Waals surface area contributed by atoms with Gasteiger partial charge in [-0.25, -0.2) is 4.98 Å².